The predicted octanol–water partition coefficient (Wildman–Crippen LogP) is 1.96. The molecule has 0 spiro atoms. The highest BCUT2D eigenvalue weighted by Crippen LogP contribution is 2.30. The van der Waals surface area contributed by atoms with Crippen molar-refractivity contribution in [2.45, 2.75) is 53.5 Å². The lowest BCUT2D eigenvalue weighted by atomic mass is 9.80. The summed E-state index contributed by atoms with van der Waals surface area (Å²) in [4.78, 5) is 25.0. The highest BCUT2D eigenvalue weighted by molar-refractivity contribution is 5.78. The zero-order chi connectivity index (χ0) is 15.5. The average molecular weight is 283 g/mol. The molecule has 2 unspecified atom stereocenters. The molecule has 1 rings (SSSR count). The fourth-order valence-electron chi connectivity index (χ4n) is 2.87. The summed E-state index contributed by atoms with van der Waals surface area (Å²) < 4.78 is 0. The van der Waals surface area contributed by atoms with Crippen molar-refractivity contribution in [3.05, 3.63) is 0 Å². The van der Waals surface area contributed by atoms with E-state index in [0.29, 0.717) is 19.0 Å². The van der Waals surface area contributed by atoms with Gasteiger partial charge < -0.3 is 16.0 Å². The van der Waals surface area contributed by atoms with Gasteiger partial charge in [-0.2, -0.15) is 0 Å². The second-order valence-electron chi connectivity index (χ2n) is 7.47. The van der Waals surface area contributed by atoms with E-state index >= 15 is 0 Å². The molecule has 0 aliphatic carbocycles. The third-order valence-electron chi connectivity index (χ3n) is 3.62. The third kappa shape index (κ3) is 5.39. The number of hydrogen-bond donors (Lipinski definition) is 2. The maximum Gasteiger partial charge on any atom is 0.314 e. The van der Waals surface area contributed by atoms with Crippen molar-refractivity contribution in [1.29, 1.82) is 0 Å². The van der Waals surface area contributed by atoms with Crippen LogP contribution in [0.3, 0.4) is 0 Å². The monoisotopic (exact) mass is 283 g/mol. The number of rotatable bonds is 3. The summed E-state index contributed by atoms with van der Waals surface area (Å²) in [6.07, 6.45) is 1.93. The van der Waals surface area contributed by atoms with Gasteiger partial charge in [0.2, 0.25) is 5.91 Å². The average Bonchev–Trinajstić information content (AvgIpc) is 2.25. The SMILES string of the molecule is CC(C)C(=O)NC1CC(CC(C)(C)C)CN(C(N)=O)C1. The van der Waals surface area contributed by atoms with Crippen LogP contribution < -0.4 is 11.1 Å². The Labute approximate surface area is 122 Å². The zero-order valence-electron chi connectivity index (χ0n) is 13.4. The summed E-state index contributed by atoms with van der Waals surface area (Å²) in [5.41, 5.74) is 5.63. The molecule has 1 heterocycles. The van der Waals surface area contributed by atoms with Crippen molar-refractivity contribution in [2.75, 3.05) is 13.1 Å². The van der Waals surface area contributed by atoms with E-state index in [1.54, 1.807) is 4.90 Å². The van der Waals surface area contributed by atoms with Gasteiger partial charge in [0.25, 0.3) is 0 Å². The molecule has 5 nitrogen and oxygen atoms in total. The van der Waals surface area contributed by atoms with Crippen LogP contribution >= 0.6 is 0 Å². The van der Waals surface area contributed by atoms with Crippen LogP contribution in [0, 0.1) is 17.3 Å². The van der Waals surface area contributed by atoms with Crippen molar-refractivity contribution < 1.29 is 9.59 Å². The van der Waals surface area contributed by atoms with Gasteiger partial charge in [-0.15, -0.1) is 0 Å². The number of nitrogens with zero attached hydrogens (tertiary/aromatic N) is 1. The standard InChI is InChI=1S/C15H29N3O2/c1-10(2)13(19)17-12-6-11(7-15(3,4)5)8-18(9-12)14(16)20/h10-12H,6-9H2,1-5H3,(H2,16,20)(H,17,19). The molecule has 0 aromatic rings. The number of nitrogens with two attached hydrogens (primary N) is 1. The summed E-state index contributed by atoms with van der Waals surface area (Å²) in [5, 5.41) is 3.03. The number of amides is 3. The molecule has 116 valence electrons. The molecule has 0 bridgehead atoms. The molecule has 5 heteroatoms. The Hall–Kier alpha value is -1.26. The summed E-state index contributed by atoms with van der Waals surface area (Å²) >= 11 is 0. The first kappa shape index (κ1) is 16.8. The molecular formula is C15H29N3O2. The largest absolute Gasteiger partial charge is 0.351 e. The Morgan fingerprint density at radius 3 is 2.35 bits per heavy atom. The molecule has 3 amide bonds. The van der Waals surface area contributed by atoms with Crippen molar-refractivity contribution in [1.82, 2.24) is 10.2 Å². The van der Waals surface area contributed by atoms with E-state index < -0.39 is 6.03 Å². The first-order valence-electron chi connectivity index (χ1n) is 7.43. The van der Waals surface area contributed by atoms with Gasteiger partial charge in [0.15, 0.2) is 0 Å². The molecule has 20 heavy (non-hydrogen) atoms. The molecule has 0 saturated carbocycles. The summed E-state index contributed by atoms with van der Waals surface area (Å²) in [6, 6.07) is -0.383. The maximum absolute atomic E-state index is 11.8. The number of carbonyl (C=O) groups excluding carboxylic acids is 2. The van der Waals surface area contributed by atoms with Crippen LogP contribution in [-0.4, -0.2) is 36.0 Å². The highest BCUT2D eigenvalue weighted by Gasteiger charge is 2.32. The first-order chi connectivity index (χ1) is 9.08. The Balaban J connectivity index is 2.70. The van der Waals surface area contributed by atoms with Crippen molar-refractivity contribution >= 4 is 11.9 Å². The van der Waals surface area contributed by atoms with Crippen molar-refractivity contribution in [2.24, 2.45) is 23.0 Å². The lowest BCUT2D eigenvalue weighted by molar-refractivity contribution is -0.125. The summed E-state index contributed by atoms with van der Waals surface area (Å²) in [7, 11) is 0. The highest BCUT2D eigenvalue weighted by atomic mass is 16.2. The van der Waals surface area contributed by atoms with E-state index in [9.17, 15) is 9.59 Å². The van der Waals surface area contributed by atoms with Gasteiger partial charge in [-0.1, -0.05) is 34.6 Å². The number of carbonyl (C=O) groups is 2. The number of primary amides is 1. The predicted molar refractivity (Wildman–Crippen MR) is 80.1 cm³/mol. The minimum absolute atomic E-state index is 0.0125. The van der Waals surface area contributed by atoms with E-state index in [2.05, 4.69) is 26.1 Å². The Morgan fingerprint density at radius 2 is 1.90 bits per heavy atom. The lowest BCUT2D eigenvalue weighted by Crippen LogP contribution is -2.54. The maximum atomic E-state index is 11.8. The molecule has 1 aliphatic rings. The fourth-order valence-corrected chi connectivity index (χ4v) is 2.87. The number of piperidine rings is 1. The van der Waals surface area contributed by atoms with E-state index in [0.717, 1.165) is 12.8 Å². The van der Waals surface area contributed by atoms with Crippen molar-refractivity contribution in [3.8, 4) is 0 Å². The van der Waals surface area contributed by atoms with Crippen LogP contribution in [0.1, 0.15) is 47.5 Å². The van der Waals surface area contributed by atoms with E-state index in [4.69, 9.17) is 5.73 Å². The summed E-state index contributed by atoms with van der Waals surface area (Å²) in [6.45, 7) is 11.5. The number of nitrogens with one attached hydrogen (secondary N) is 1. The number of likely N-dealkylation sites (tertiary alicyclic amines) is 1. The molecule has 1 saturated heterocycles. The zero-order valence-corrected chi connectivity index (χ0v) is 13.4. The molecule has 0 aromatic carbocycles. The fraction of sp³-hybridized carbons (Fsp3) is 0.867. The van der Waals surface area contributed by atoms with Gasteiger partial charge in [0, 0.05) is 25.0 Å². The quantitative estimate of drug-likeness (QED) is 0.831. The molecule has 2 atom stereocenters. The minimum atomic E-state index is -0.396. The van der Waals surface area contributed by atoms with Crippen LogP contribution in [-0.2, 0) is 4.79 Å². The Morgan fingerprint density at radius 1 is 1.30 bits per heavy atom. The van der Waals surface area contributed by atoms with Gasteiger partial charge >= 0.3 is 6.03 Å². The van der Waals surface area contributed by atoms with Gasteiger partial charge in [0.05, 0.1) is 0 Å². The van der Waals surface area contributed by atoms with Crippen LogP contribution in [0.5, 0.6) is 0 Å². The van der Waals surface area contributed by atoms with E-state index in [1.807, 2.05) is 13.8 Å². The van der Waals surface area contributed by atoms with Gasteiger partial charge in [0.1, 0.15) is 0 Å². The number of hydrogen-bond acceptors (Lipinski definition) is 2. The van der Waals surface area contributed by atoms with Gasteiger partial charge in [-0.25, -0.2) is 4.79 Å². The molecule has 3 N–H and O–H groups in total. The third-order valence-corrected chi connectivity index (χ3v) is 3.62. The van der Waals surface area contributed by atoms with E-state index in [1.165, 1.54) is 0 Å². The summed E-state index contributed by atoms with van der Waals surface area (Å²) in [5.74, 6) is 0.379. The lowest BCUT2D eigenvalue weighted by Gasteiger charge is -2.39. The molecular weight excluding hydrogens is 254 g/mol. The molecule has 0 radical (unpaired) electrons. The molecule has 1 fully saturated rings. The second-order valence-corrected chi connectivity index (χ2v) is 7.47. The Bertz CT molecular complexity index is 361. The smallest absolute Gasteiger partial charge is 0.314 e. The normalized spacial score (nSPS) is 23.8. The molecule has 1 aliphatic heterocycles. The first-order valence-corrected chi connectivity index (χ1v) is 7.43. The van der Waals surface area contributed by atoms with Crippen molar-refractivity contribution in [3.63, 3.8) is 0 Å². The van der Waals surface area contributed by atoms with Crippen LogP contribution in [0.15, 0.2) is 0 Å². The second kappa shape index (κ2) is 6.46. The van der Waals surface area contributed by atoms with Crippen LogP contribution in [0.25, 0.3) is 0 Å². The molecule has 0 aromatic heterocycles. The van der Waals surface area contributed by atoms with Crippen LogP contribution in [0.4, 0.5) is 4.79 Å². The Kier molecular flexibility index (Phi) is 5.42. The topological polar surface area (TPSA) is 75.4 Å². The number of urea groups is 1. The van der Waals surface area contributed by atoms with Gasteiger partial charge in [-0.05, 0) is 24.2 Å². The van der Waals surface area contributed by atoms with E-state index in [-0.39, 0.29) is 23.3 Å². The minimum Gasteiger partial charge on any atom is -0.351 e. The van der Waals surface area contributed by atoms with Gasteiger partial charge in [-0.3, -0.25) is 4.79 Å². The van der Waals surface area contributed by atoms with Crippen LogP contribution in [0.2, 0.25) is 0 Å².